The summed E-state index contributed by atoms with van der Waals surface area (Å²) in [5.74, 6) is 3.06. The summed E-state index contributed by atoms with van der Waals surface area (Å²) in [5.41, 5.74) is 1.65. The molecule has 0 aromatic carbocycles. The van der Waals surface area contributed by atoms with Crippen LogP contribution in [0, 0.1) is 0 Å². The van der Waals surface area contributed by atoms with Crippen LogP contribution in [0.3, 0.4) is 0 Å². The van der Waals surface area contributed by atoms with Crippen LogP contribution in [0.4, 0.5) is 0 Å². The van der Waals surface area contributed by atoms with Crippen LogP contribution in [0.1, 0.15) is 20.3 Å². The molecule has 0 aliphatic carbocycles. The Morgan fingerprint density at radius 2 is 2.11 bits per heavy atom. The van der Waals surface area contributed by atoms with Crippen LogP contribution in [-0.4, -0.2) is 36.6 Å². The second kappa shape index (κ2) is 9.12. The van der Waals surface area contributed by atoms with Crippen molar-refractivity contribution in [1.82, 2.24) is 10.7 Å². The first kappa shape index (κ1) is 17.1. The van der Waals surface area contributed by atoms with Gasteiger partial charge in [0.25, 0.3) is 5.91 Å². The summed E-state index contributed by atoms with van der Waals surface area (Å²) in [6.07, 6.45) is 3.39. The van der Waals surface area contributed by atoms with E-state index in [1.165, 1.54) is 13.2 Å². The Kier molecular flexibility index (Phi) is 8.23. The highest BCUT2D eigenvalue weighted by atomic mass is 16.5. The van der Waals surface area contributed by atoms with Gasteiger partial charge in [0.05, 0.1) is 6.61 Å². The molecule has 0 aromatic heterocycles. The predicted octanol–water partition coefficient (Wildman–Crippen LogP) is -0.0943. The number of allylic oxidation sites excluding steroid dienone is 2. The molecular weight excluding hydrogens is 250 g/mol. The number of nitrogens with two attached hydrogens (primary N) is 1. The standard InChI is InChI=1S/C12H21N3O4/c1-4-5-6-9(16)11(17)10(15-13)12(18)14-8(2)7-19-3/h5-6,8,15,17H,4,7,13H2,1-3H3,(H,14,18)/b6-5-,11-10+. The number of carbonyl (C=O) groups is 2. The van der Waals surface area contributed by atoms with Gasteiger partial charge in [-0.1, -0.05) is 13.0 Å². The summed E-state index contributed by atoms with van der Waals surface area (Å²) in [6, 6.07) is -0.282. The third kappa shape index (κ3) is 6.03. The van der Waals surface area contributed by atoms with Crippen molar-refractivity contribution < 1.29 is 19.4 Å². The van der Waals surface area contributed by atoms with Gasteiger partial charge in [0.15, 0.2) is 11.5 Å². The average Bonchev–Trinajstić information content (AvgIpc) is 2.36. The number of methoxy groups -OCH3 is 1. The van der Waals surface area contributed by atoms with Gasteiger partial charge in [-0.2, -0.15) is 0 Å². The zero-order valence-electron chi connectivity index (χ0n) is 11.4. The molecule has 0 saturated carbocycles. The Hall–Kier alpha value is -1.86. The summed E-state index contributed by atoms with van der Waals surface area (Å²) >= 11 is 0. The number of amides is 1. The Labute approximate surface area is 112 Å². The van der Waals surface area contributed by atoms with E-state index in [1.54, 1.807) is 13.0 Å². The van der Waals surface area contributed by atoms with Gasteiger partial charge in [0, 0.05) is 13.2 Å². The molecule has 1 atom stereocenters. The van der Waals surface area contributed by atoms with Gasteiger partial charge in [-0.15, -0.1) is 0 Å². The third-order valence-electron chi connectivity index (χ3n) is 2.14. The molecule has 0 radical (unpaired) electrons. The molecule has 7 heteroatoms. The minimum atomic E-state index is -0.727. The molecule has 5 N–H and O–H groups in total. The Morgan fingerprint density at radius 1 is 1.47 bits per heavy atom. The van der Waals surface area contributed by atoms with Crippen LogP contribution in [0.2, 0.25) is 0 Å². The Morgan fingerprint density at radius 3 is 2.58 bits per heavy atom. The normalized spacial score (nSPS) is 13.9. The van der Waals surface area contributed by atoms with Crippen LogP contribution in [-0.2, 0) is 14.3 Å². The number of hydrogen-bond donors (Lipinski definition) is 4. The molecule has 0 heterocycles. The lowest BCUT2D eigenvalue weighted by Gasteiger charge is -2.14. The molecule has 0 bridgehead atoms. The molecule has 1 unspecified atom stereocenters. The van der Waals surface area contributed by atoms with Gasteiger partial charge in [-0.05, 0) is 19.4 Å². The SMILES string of the molecule is CC/C=C\C(=O)/C(O)=C(\NN)C(=O)NC(C)COC. The van der Waals surface area contributed by atoms with Crippen molar-refractivity contribution in [3.8, 4) is 0 Å². The highest BCUT2D eigenvalue weighted by Crippen LogP contribution is 2.01. The van der Waals surface area contributed by atoms with E-state index >= 15 is 0 Å². The molecule has 19 heavy (non-hydrogen) atoms. The van der Waals surface area contributed by atoms with Gasteiger partial charge in [-0.3, -0.25) is 15.4 Å². The Bertz CT molecular complexity index is 377. The van der Waals surface area contributed by atoms with Crippen LogP contribution in [0.25, 0.3) is 0 Å². The quantitative estimate of drug-likeness (QED) is 0.212. The molecular formula is C12H21N3O4. The third-order valence-corrected chi connectivity index (χ3v) is 2.14. The first-order valence-corrected chi connectivity index (χ1v) is 5.88. The van der Waals surface area contributed by atoms with Crippen LogP contribution >= 0.6 is 0 Å². The fourth-order valence-electron chi connectivity index (χ4n) is 1.26. The van der Waals surface area contributed by atoms with Crippen molar-refractivity contribution in [2.75, 3.05) is 13.7 Å². The number of aliphatic hydroxyl groups excluding tert-OH is 1. The maximum absolute atomic E-state index is 11.8. The summed E-state index contributed by atoms with van der Waals surface area (Å²) in [4.78, 5) is 23.3. The van der Waals surface area contributed by atoms with Crippen molar-refractivity contribution >= 4 is 11.7 Å². The first-order chi connectivity index (χ1) is 8.97. The number of rotatable bonds is 8. The van der Waals surface area contributed by atoms with Crippen LogP contribution < -0.4 is 16.6 Å². The highest BCUT2D eigenvalue weighted by Gasteiger charge is 2.19. The number of hydrogen-bond acceptors (Lipinski definition) is 6. The number of hydrazine groups is 1. The summed E-state index contributed by atoms with van der Waals surface area (Å²) in [6.45, 7) is 3.85. The van der Waals surface area contributed by atoms with E-state index in [4.69, 9.17) is 10.6 Å². The van der Waals surface area contributed by atoms with E-state index in [0.29, 0.717) is 13.0 Å². The number of ether oxygens (including phenoxy) is 1. The number of carbonyl (C=O) groups excluding carboxylic acids is 2. The molecule has 0 rings (SSSR count). The lowest BCUT2D eigenvalue weighted by atomic mass is 10.2. The average molecular weight is 271 g/mol. The molecule has 0 aliphatic rings. The molecule has 0 spiro atoms. The largest absolute Gasteiger partial charge is 0.503 e. The van der Waals surface area contributed by atoms with Gasteiger partial charge in [0.2, 0.25) is 5.78 Å². The number of ketones is 1. The van der Waals surface area contributed by atoms with Crippen molar-refractivity contribution in [3.63, 3.8) is 0 Å². The highest BCUT2D eigenvalue weighted by molar-refractivity contribution is 6.08. The fourth-order valence-corrected chi connectivity index (χ4v) is 1.26. The second-order valence-corrected chi connectivity index (χ2v) is 3.87. The van der Waals surface area contributed by atoms with Gasteiger partial charge in [-0.25, -0.2) is 0 Å². The molecule has 108 valence electrons. The predicted molar refractivity (Wildman–Crippen MR) is 70.9 cm³/mol. The maximum Gasteiger partial charge on any atom is 0.273 e. The van der Waals surface area contributed by atoms with E-state index in [0.717, 1.165) is 0 Å². The minimum absolute atomic E-state index is 0.282. The van der Waals surface area contributed by atoms with Crippen molar-refractivity contribution in [2.24, 2.45) is 5.84 Å². The zero-order valence-corrected chi connectivity index (χ0v) is 11.4. The number of nitrogens with one attached hydrogen (secondary N) is 2. The van der Waals surface area contributed by atoms with E-state index in [2.05, 4.69) is 5.32 Å². The molecule has 1 amide bonds. The maximum atomic E-state index is 11.8. The topological polar surface area (TPSA) is 114 Å². The lowest BCUT2D eigenvalue weighted by Crippen LogP contribution is -2.42. The summed E-state index contributed by atoms with van der Waals surface area (Å²) < 4.78 is 4.86. The molecule has 0 saturated heterocycles. The van der Waals surface area contributed by atoms with E-state index in [9.17, 15) is 14.7 Å². The zero-order chi connectivity index (χ0) is 14.8. The molecule has 0 aliphatic heterocycles. The molecule has 7 nitrogen and oxygen atoms in total. The van der Waals surface area contributed by atoms with Gasteiger partial charge < -0.3 is 20.6 Å². The minimum Gasteiger partial charge on any atom is -0.503 e. The summed E-state index contributed by atoms with van der Waals surface area (Å²) in [5, 5.41) is 12.2. The molecule has 0 fully saturated rings. The van der Waals surface area contributed by atoms with Gasteiger partial charge >= 0.3 is 0 Å². The lowest BCUT2D eigenvalue weighted by molar-refractivity contribution is -0.120. The van der Waals surface area contributed by atoms with Crippen molar-refractivity contribution in [2.45, 2.75) is 26.3 Å². The second-order valence-electron chi connectivity index (χ2n) is 3.87. The van der Waals surface area contributed by atoms with E-state index in [1.807, 2.05) is 12.3 Å². The van der Waals surface area contributed by atoms with Crippen molar-refractivity contribution in [3.05, 3.63) is 23.6 Å². The Balaban J connectivity index is 4.91. The van der Waals surface area contributed by atoms with E-state index in [-0.39, 0.29) is 11.7 Å². The van der Waals surface area contributed by atoms with Crippen molar-refractivity contribution in [1.29, 1.82) is 0 Å². The van der Waals surface area contributed by atoms with Crippen LogP contribution in [0.5, 0.6) is 0 Å². The van der Waals surface area contributed by atoms with E-state index < -0.39 is 17.4 Å². The molecule has 0 aromatic rings. The fraction of sp³-hybridized carbons (Fsp3) is 0.500. The van der Waals surface area contributed by atoms with Gasteiger partial charge in [0.1, 0.15) is 0 Å². The summed E-state index contributed by atoms with van der Waals surface area (Å²) in [7, 11) is 1.50. The monoisotopic (exact) mass is 271 g/mol. The van der Waals surface area contributed by atoms with Crippen LogP contribution in [0.15, 0.2) is 23.6 Å². The smallest absolute Gasteiger partial charge is 0.273 e. The number of aliphatic hydroxyl groups is 1. The first-order valence-electron chi connectivity index (χ1n) is 5.88.